The zero-order chi connectivity index (χ0) is 15.1. The van der Waals surface area contributed by atoms with Crippen molar-refractivity contribution in [2.75, 3.05) is 7.11 Å². The molecule has 1 aromatic carbocycles. The van der Waals surface area contributed by atoms with Gasteiger partial charge in [-0.3, -0.25) is 9.48 Å². The summed E-state index contributed by atoms with van der Waals surface area (Å²) in [6, 6.07) is 5.64. The summed E-state index contributed by atoms with van der Waals surface area (Å²) in [6.45, 7) is 1.82. The standard InChI is InChI=1S/C15H14ClN3O2/c1-9-11(8-20)15(18(2)17-9)19-5-4-10-6-12(16)14(21-3)7-13(10)19/h4-8H,1-3H3. The van der Waals surface area contributed by atoms with Crippen molar-refractivity contribution in [1.29, 1.82) is 0 Å². The number of nitrogens with zero attached hydrogens (tertiary/aromatic N) is 3. The molecule has 0 saturated carbocycles. The Morgan fingerprint density at radius 3 is 2.81 bits per heavy atom. The first-order valence-electron chi connectivity index (χ1n) is 6.40. The van der Waals surface area contributed by atoms with Gasteiger partial charge in [0.15, 0.2) is 6.29 Å². The molecule has 0 N–H and O–H groups in total. The summed E-state index contributed by atoms with van der Waals surface area (Å²) in [7, 11) is 3.39. The molecule has 0 aliphatic heterocycles. The van der Waals surface area contributed by atoms with Crippen molar-refractivity contribution in [1.82, 2.24) is 14.3 Å². The average Bonchev–Trinajstić information content (AvgIpc) is 2.97. The molecule has 6 heteroatoms. The van der Waals surface area contributed by atoms with E-state index < -0.39 is 0 Å². The molecular weight excluding hydrogens is 290 g/mol. The summed E-state index contributed by atoms with van der Waals surface area (Å²) in [5.41, 5.74) is 2.18. The SMILES string of the molecule is COc1cc2c(ccn2-c2c(C=O)c(C)nn2C)cc1Cl. The van der Waals surface area contributed by atoms with Crippen molar-refractivity contribution in [3.05, 3.63) is 40.7 Å². The van der Waals surface area contributed by atoms with E-state index in [1.54, 1.807) is 11.8 Å². The van der Waals surface area contributed by atoms with E-state index in [0.29, 0.717) is 22.0 Å². The van der Waals surface area contributed by atoms with E-state index in [4.69, 9.17) is 16.3 Å². The van der Waals surface area contributed by atoms with Gasteiger partial charge in [0.25, 0.3) is 0 Å². The number of fused-ring (bicyclic) bond motifs is 1. The Kier molecular flexibility index (Phi) is 3.22. The summed E-state index contributed by atoms with van der Waals surface area (Å²) in [6.07, 6.45) is 2.72. The van der Waals surface area contributed by atoms with Gasteiger partial charge in [-0.05, 0) is 19.1 Å². The highest BCUT2D eigenvalue weighted by molar-refractivity contribution is 6.32. The quantitative estimate of drug-likeness (QED) is 0.698. The van der Waals surface area contributed by atoms with Gasteiger partial charge in [-0.1, -0.05) is 11.6 Å². The third-order valence-electron chi connectivity index (χ3n) is 3.55. The van der Waals surface area contributed by atoms with Gasteiger partial charge < -0.3 is 9.30 Å². The number of aromatic nitrogens is 3. The molecule has 0 unspecified atom stereocenters. The molecule has 21 heavy (non-hydrogen) atoms. The number of benzene rings is 1. The van der Waals surface area contributed by atoms with Crippen LogP contribution in [-0.2, 0) is 7.05 Å². The maximum absolute atomic E-state index is 11.4. The van der Waals surface area contributed by atoms with Gasteiger partial charge in [-0.15, -0.1) is 0 Å². The third kappa shape index (κ3) is 2.01. The van der Waals surface area contributed by atoms with Crippen LogP contribution in [-0.4, -0.2) is 27.7 Å². The molecule has 2 heterocycles. The van der Waals surface area contributed by atoms with Gasteiger partial charge in [0, 0.05) is 24.7 Å². The molecule has 5 nitrogen and oxygen atoms in total. The van der Waals surface area contributed by atoms with E-state index in [1.165, 1.54) is 0 Å². The van der Waals surface area contributed by atoms with E-state index in [2.05, 4.69) is 5.10 Å². The zero-order valence-electron chi connectivity index (χ0n) is 11.9. The van der Waals surface area contributed by atoms with Gasteiger partial charge >= 0.3 is 0 Å². The summed E-state index contributed by atoms with van der Waals surface area (Å²) >= 11 is 6.14. The van der Waals surface area contributed by atoms with Crippen LogP contribution in [0.4, 0.5) is 0 Å². The number of rotatable bonds is 3. The topological polar surface area (TPSA) is 49.1 Å². The lowest BCUT2D eigenvalue weighted by Crippen LogP contribution is -2.04. The fourth-order valence-electron chi connectivity index (χ4n) is 2.56. The molecule has 0 saturated heterocycles. The van der Waals surface area contributed by atoms with Crippen LogP contribution < -0.4 is 4.74 Å². The normalized spacial score (nSPS) is 11.0. The molecule has 0 bridgehead atoms. The summed E-state index contributed by atoms with van der Waals surface area (Å²) in [5, 5.41) is 5.84. The predicted molar refractivity (Wildman–Crippen MR) is 81.7 cm³/mol. The number of aldehydes is 1. The number of methoxy groups -OCH3 is 1. The van der Waals surface area contributed by atoms with Crippen LogP contribution in [0, 0.1) is 6.92 Å². The van der Waals surface area contributed by atoms with E-state index >= 15 is 0 Å². The largest absolute Gasteiger partial charge is 0.495 e. The molecule has 0 aliphatic rings. The number of hydrogen-bond acceptors (Lipinski definition) is 3. The second-order valence-corrected chi connectivity index (χ2v) is 5.20. The average molecular weight is 304 g/mol. The highest BCUT2D eigenvalue weighted by Crippen LogP contribution is 2.32. The maximum atomic E-state index is 11.4. The summed E-state index contributed by atoms with van der Waals surface area (Å²) in [4.78, 5) is 11.4. The first kappa shape index (κ1) is 13.7. The van der Waals surface area contributed by atoms with Crippen LogP contribution >= 0.6 is 11.6 Å². The van der Waals surface area contributed by atoms with Crippen molar-refractivity contribution in [3.63, 3.8) is 0 Å². The third-order valence-corrected chi connectivity index (χ3v) is 3.84. The zero-order valence-corrected chi connectivity index (χ0v) is 12.7. The van der Waals surface area contributed by atoms with E-state index in [1.807, 2.05) is 42.9 Å². The van der Waals surface area contributed by atoms with Crippen molar-refractivity contribution >= 4 is 28.8 Å². The minimum Gasteiger partial charge on any atom is -0.495 e. The summed E-state index contributed by atoms with van der Waals surface area (Å²) < 4.78 is 8.88. The molecule has 0 atom stereocenters. The molecule has 0 amide bonds. The Hall–Kier alpha value is -2.27. The lowest BCUT2D eigenvalue weighted by Gasteiger charge is -2.09. The fraction of sp³-hybridized carbons (Fsp3) is 0.200. The lowest BCUT2D eigenvalue weighted by atomic mass is 10.2. The second-order valence-electron chi connectivity index (χ2n) is 4.80. The van der Waals surface area contributed by atoms with E-state index in [9.17, 15) is 4.79 Å². The van der Waals surface area contributed by atoms with Crippen molar-refractivity contribution in [3.8, 4) is 11.6 Å². The number of aryl methyl sites for hydroxylation is 2. The monoisotopic (exact) mass is 303 g/mol. The molecule has 108 valence electrons. The maximum Gasteiger partial charge on any atom is 0.155 e. The van der Waals surface area contributed by atoms with E-state index in [-0.39, 0.29) is 0 Å². The van der Waals surface area contributed by atoms with Crippen LogP contribution in [0.5, 0.6) is 5.75 Å². The number of hydrogen-bond donors (Lipinski definition) is 0. The highest BCUT2D eigenvalue weighted by atomic mass is 35.5. The van der Waals surface area contributed by atoms with E-state index in [0.717, 1.165) is 23.0 Å². The number of halogens is 1. The fourth-order valence-corrected chi connectivity index (χ4v) is 2.81. The van der Waals surface area contributed by atoms with Gasteiger partial charge in [0.05, 0.1) is 28.9 Å². The van der Waals surface area contributed by atoms with Crippen molar-refractivity contribution < 1.29 is 9.53 Å². The molecule has 0 spiro atoms. The number of carbonyl (C=O) groups is 1. The lowest BCUT2D eigenvalue weighted by molar-refractivity contribution is 0.112. The van der Waals surface area contributed by atoms with Crippen molar-refractivity contribution in [2.24, 2.45) is 7.05 Å². The Labute approximate surface area is 126 Å². The first-order chi connectivity index (χ1) is 10.1. The molecular formula is C15H14ClN3O2. The molecule has 3 aromatic rings. The van der Waals surface area contributed by atoms with Crippen LogP contribution in [0.1, 0.15) is 16.1 Å². The Morgan fingerprint density at radius 1 is 1.38 bits per heavy atom. The molecule has 3 rings (SSSR count). The minimum atomic E-state index is 0.555. The minimum absolute atomic E-state index is 0.555. The van der Waals surface area contributed by atoms with Gasteiger partial charge in [-0.2, -0.15) is 5.10 Å². The van der Waals surface area contributed by atoms with Crippen LogP contribution in [0.3, 0.4) is 0 Å². The number of ether oxygens (including phenoxy) is 1. The Morgan fingerprint density at radius 2 is 2.14 bits per heavy atom. The molecule has 0 aliphatic carbocycles. The number of carbonyl (C=O) groups excluding carboxylic acids is 1. The smallest absolute Gasteiger partial charge is 0.155 e. The van der Waals surface area contributed by atoms with Gasteiger partial charge in [0.1, 0.15) is 11.6 Å². The van der Waals surface area contributed by atoms with Gasteiger partial charge in [0.2, 0.25) is 0 Å². The molecule has 0 radical (unpaired) electrons. The highest BCUT2D eigenvalue weighted by Gasteiger charge is 2.17. The predicted octanol–water partition coefficient (Wildman–Crippen LogP) is 3.15. The Bertz CT molecular complexity index is 848. The van der Waals surface area contributed by atoms with Crippen LogP contribution in [0.25, 0.3) is 16.7 Å². The second kappa shape index (κ2) is 4.93. The molecule has 2 aromatic heterocycles. The molecule has 0 fully saturated rings. The Balaban J connectivity index is 2.33. The first-order valence-corrected chi connectivity index (χ1v) is 6.78. The van der Waals surface area contributed by atoms with Crippen LogP contribution in [0.2, 0.25) is 5.02 Å². The van der Waals surface area contributed by atoms with Crippen LogP contribution in [0.15, 0.2) is 24.4 Å². The van der Waals surface area contributed by atoms with Gasteiger partial charge in [-0.25, -0.2) is 0 Å². The van der Waals surface area contributed by atoms with Crippen molar-refractivity contribution in [2.45, 2.75) is 6.92 Å². The summed E-state index contributed by atoms with van der Waals surface area (Å²) in [5.74, 6) is 1.32.